The van der Waals surface area contributed by atoms with E-state index in [1.54, 1.807) is 6.20 Å². The summed E-state index contributed by atoms with van der Waals surface area (Å²) in [5.74, 6) is 0.929. The lowest BCUT2D eigenvalue weighted by Gasteiger charge is -2.36. The summed E-state index contributed by atoms with van der Waals surface area (Å²) in [7, 11) is 0. The van der Waals surface area contributed by atoms with Crippen LogP contribution in [-0.2, 0) is 17.9 Å². The topological polar surface area (TPSA) is 65.8 Å². The Labute approximate surface area is 171 Å². The van der Waals surface area contributed by atoms with Crippen LogP contribution in [-0.4, -0.2) is 63.9 Å². The van der Waals surface area contributed by atoms with Gasteiger partial charge in [-0.1, -0.05) is 23.7 Å². The van der Waals surface area contributed by atoms with E-state index < -0.39 is 0 Å². The van der Waals surface area contributed by atoms with Gasteiger partial charge in [0.2, 0.25) is 5.91 Å². The number of guanidine groups is 1. The van der Waals surface area contributed by atoms with Crippen molar-refractivity contribution in [2.45, 2.75) is 26.4 Å². The van der Waals surface area contributed by atoms with Crippen molar-refractivity contribution in [3.8, 4) is 0 Å². The third-order valence-corrected chi connectivity index (χ3v) is 4.89. The van der Waals surface area contributed by atoms with Gasteiger partial charge in [-0.05, 0) is 31.0 Å². The fourth-order valence-corrected chi connectivity index (χ4v) is 3.28. The molecule has 1 saturated heterocycles. The molecular weight excluding hydrogens is 376 g/mol. The van der Waals surface area contributed by atoms with Crippen molar-refractivity contribution in [2.75, 3.05) is 32.7 Å². The highest BCUT2D eigenvalue weighted by Gasteiger charge is 2.25. The van der Waals surface area contributed by atoms with E-state index in [9.17, 15) is 4.79 Å². The molecule has 8 heteroatoms. The Morgan fingerprint density at radius 1 is 1.29 bits per heavy atom. The SMILES string of the molecule is CCNC(=NCCCn1ccnc1)N1CCN(Cc2ccc(Cl)cc2)C(=O)C1. The van der Waals surface area contributed by atoms with Gasteiger partial charge in [0.25, 0.3) is 0 Å². The Hall–Kier alpha value is -2.54. The second kappa shape index (κ2) is 10.1. The number of amides is 1. The van der Waals surface area contributed by atoms with Gasteiger partial charge in [0.1, 0.15) is 0 Å². The lowest BCUT2D eigenvalue weighted by Crippen LogP contribution is -2.55. The van der Waals surface area contributed by atoms with Gasteiger partial charge in [-0.15, -0.1) is 0 Å². The first kappa shape index (κ1) is 20.2. The molecular formula is C20H27ClN6O. The number of aryl methyl sites for hydroxylation is 1. The van der Waals surface area contributed by atoms with Crippen molar-refractivity contribution in [1.29, 1.82) is 0 Å². The molecule has 1 N–H and O–H groups in total. The molecule has 0 spiro atoms. The number of nitrogens with zero attached hydrogens (tertiary/aromatic N) is 5. The zero-order valence-corrected chi connectivity index (χ0v) is 17.0. The largest absolute Gasteiger partial charge is 0.357 e. The number of aliphatic imine (C=N–C) groups is 1. The summed E-state index contributed by atoms with van der Waals surface area (Å²) in [5.41, 5.74) is 1.09. The zero-order chi connectivity index (χ0) is 19.8. The first-order valence-corrected chi connectivity index (χ1v) is 10.0. The number of benzene rings is 1. The molecule has 1 amide bonds. The van der Waals surface area contributed by atoms with Gasteiger partial charge in [0.15, 0.2) is 5.96 Å². The van der Waals surface area contributed by atoms with E-state index in [1.807, 2.05) is 58.1 Å². The molecule has 1 aliphatic heterocycles. The number of carbonyl (C=O) groups excluding carboxylic acids is 1. The van der Waals surface area contributed by atoms with E-state index in [2.05, 4.69) is 10.3 Å². The summed E-state index contributed by atoms with van der Waals surface area (Å²) in [6.45, 7) is 6.83. The minimum absolute atomic E-state index is 0.116. The number of nitrogens with one attached hydrogen (secondary N) is 1. The summed E-state index contributed by atoms with van der Waals surface area (Å²) in [6.07, 6.45) is 6.47. The molecule has 1 aromatic carbocycles. The molecule has 0 unspecified atom stereocenters. The number of imidazole rings is 1. The molecule has 3 rings (SSSR count). The van der Waals surface area contributed by atoms with Crippen LogP contribution in [0.4, 0.5) is 0 Å². The number of piperazine rings is 1. The van der Waals surface area contributed by atoms with Gasteiger partial charge in [-0.25, -0.2) is 4.98 Å². The van der Waals surface area contributed by atoms with Gasteiger partial charge >= 0.3 is 0 Å². The van der Waals surface area contributed by atoms with Gasteiger partial charge in [0, 0.05) is 56.7 Å². The summed E-state index contributed by atoms with van der Waals surface area (Å²) >= 11 is 5.94. The van der Waals surface area contributed by atoms with E-state index >= 15 is 0 Å². The monoisotopic (exact) mass is 402 g/mol. The summed E-state index contributed by atoms with van der Waals surface area (Å²) in [5, 5.41) is 4.02. The standard InChI is InChI=1S/C20H27ClN6O/c1-2-23-20(24-8-3-10-25-11-9-22-16-25)27-13-12-26(19(28)15-27)14-17-4-6-18(21)7-5-17/h4-7,9,11,16H,2-3,8,10,12-15H2,1H3,(H,23,24). The fourth-order valence-electron chi connectivity index (χ4n) is 3.15. The van der Waals surface area contributed by atoms with Crippen LogP contribution in [0.5, 0.6) is 0 Å². The van der Waals surface area contributed by atoms with Crippen molar-refractivity contribution in [3.05, 3.63) is 53.6 Å². The predicted molar refractivity (Wildman–Crippen MR) is 111 cm³/mol. The van der Waals surface area contributed by atoms with E-state index in [0.29, 0.717) is 31.2 Å². The van der Waals surface area contributed by atoms with Gasteiger partial charge in [-0.3, -0.25) is 9.79 Å². The smallest absolute Gasteiger partial charge is 0.242 e. The highest BCUT2D eigenvalue weighted by molar-refractivity contribution is 6.30. The van der Waals surface area contributed by atoms with E-state index in [-0.39, 0.29) is 5.91 Å². The summed E-state index contributed by atoms with van der Waals surface area (Å²) in [4.78, 5) is 25.3. The average Bonchev–Trinajstić information content (AvgIpc) is 3.21. The second-order valence-electron chi connectivity index (χ2n) is 6.75. The maximum Gasteiger partial charge on any atom is 0.242 e. The number of halogens is 1. The Bertz CT molecular complexity index is 775. The van der Waals surface area contributed by atoms with Crippen LogP contribution in [0.1, 0.15) is 18.9 Å². The molecule has 1 aromatic heterocycles. The maximum absolute atomic E-state index is 12.6. The van der Waals surface area contributed by atoms with Crippen LogP contribution in [0, 0.1) is 0 Å². The lowest BCUT2D eigenvalue weighted by molar-refractivity contribution is -0.135. The van der Waals surface area contributed by atoms with Crippen LogP contribution < -0.4 is 5.32 Å². The fraction of sp³-hybridized carbons (Fsp3) is 0.450. The number of rotatable bonds is 7. The summed E-state index contributed by atoms with van der Waals surface area (Å²) < 4.78 is 2.04. The molecule has 2 heterocycles. The van der Waals surface area contributed by atoms with E-state index in [4.69, 9.17) is 16.6 Å². The van der Waals surface area contributed by atoms with E-state index in [1.165, 1.54) is 0 Å². The highest BCUT2D eigenvalue weighted by atomic mass is 35.5. The van der Waals surface area contributed by atoms with Gasteiger partial charge in [0.05, 0.1) is 12.9 Å². The van der Waals surface area contributed by atoms with E-state index in [0.717, 1.165) is 37.6 Å². The van der Waals surface area contributed by atoms with Crippen LogP contribution >= 0.6 is 11.6 Å². The quantitative estimate of drug-likeness (QED) is 0.438. The molecule has 0 atom stereocenters. The third-order valence-electron chi connectivity index (χ3n) is 4.63. The van der Waals surface area contributed by atoms with Gasteiger partial charge in [-0.2, -0.15) is 0 Å². The first-order valence-electron chi connectivity index (χ1n) is 9.67. The highest BCUT2D eigenvalue weighted by Crippen LogP contribution is 2.13. The van der Waals surface area contributed by atoms with Crippen molar-refractivity contribution >= 4 is 23.5 Å². The van der Waals surface area contributed by atoms with Crippen LogP contribution in [0.3, 0.4) is 0 Å². The molecule has 0 bridgehead atoms. The van der Waals surface area contributed by atoms with Crippen molar-refractivity contribution in [2.24, 2.45) is 4.99 Å². The van der Waals surface area contributed by atoms with Crippen molar-refractivity contribution in [1.82, 2.24) is 24.7 Å². The maximum atomic E-state index is 12.6. The molecule has 1 aliphatic rings. The summed E-state index contributed by atoms with van der Waals surface area (Å²) in [6, 6.07) is 7.65. The number of carbonyl (C=O) groups is 1. The normalized spacial score (nSPS) is 15.2. The van der Waals surface area contributed by atoms with Crippen LogP contribution in [0.2, 0.25) is 5.02 Å². The molecule has 150 valence electrons. The van der Waals surface area contributed by atoms with Crippen LogP contribution in [0.25, 0.3) is 0 Å². The molecule has 7 nitrogen and oxygen atoms in total. The second-order valence-corrected chi connectivity index (χ2v) is 7.19. The Balaban J connectivity index is 1.52. The number of hydrogen-bond acceptors (Lipinski definition) is 3. The minimum atomic E-state index is 0.116. The minimum Gasteiger partial charge on any atom is -0.357 e. The Morgan fingerprint density at radius 3 is 2.79 bits per heavy atom. The molecule has 0 saturated carbocycles. The number of hydrogen-bond donors (Lipinski definition) is 1. The molecule has 0 aliphatic carbocycles. The lowest BCUT2D eigenvalue weighted by atomic mass is 10.2. The van der Waals surface area contributed by atoms with Gasteiger partial charge < -0.3 is 19.7 Å². The number of aromatic nitrogens is 2. The zero-order valence-electron chi connectivity index (χ0n) is 16.2. The average molecular weight is 403 g/mol. The molecule has 28 heavy (non-hydrogen) atoms. The van der Waals surface area contributed by atoms with Crippen molar-refractivity contribution in [3.63, 3.8) is 0 Å². The molecule has 2 aromatic rings. The molecule has 0 radical (unpaired) electrons. The third kappa shape index (κ3) is 5.73. The Morgan fingerprint density at radius 2 is 2.11 bits per heavy atom. The van der Waals surface area contributed by atoms with Crippen molar-refractivity contribution < 1.29 is 4.79 Å². The van der Waals surface area contributed by atoms with Crippen LogP contribution in [0.15, 0.2) is 48.0 Å². The first-order chi connectivity index (χ1) is 13.7. The predicted octanol–water partition coefficient (Wildman–Crippen LogP) is 2.24. The molecule has 1 fully saturated rings. The Kier molecular flexibility index (Phi) is 7.31.